The number of aliphatic hydroxyl groups excluding tert-OH is 1. The van der Waals surface area contributed by atoms with Crippen LogP contribution in [-0.2, 0) is 6.54 Å². The van der Waals surface area contributed by atoms with Crippen LogP contribution >= 0.6 is 0 Å². The second-order valence-corrected chi connectivity index (χ2v) is 4.18. The second-order valence-electron chi connectivity index (χ2n) is 4.18. The fourth-order valence-corrected chi connectivity index (χ4v) is 1.48. The summed E-state index contributed by atoms with van der Waals surface area (Å²) >= 11 is 0. The van der Waals surface area contributed by atoms with Gasteiger partial charge in [0.05, 0.1) is 17.7 Å². The van der Waals surface area contributed by atoms with Crippen molar-refractivity contribution in [1.82, 2.24) is 4.90 Å². The van der Waals surface area contributed by atoms with E-state index in [0.29, 0.717) is 5.56 Å². The summed E-state index contributed by atoms with van der Waals surface area (Å²) in [6, 6.07) is 9.70. The zero-order chi connectivity index (χ0) is 12.0. The summed E-state index contributed by atoms with van der Waals surface area (Å²) in [5, 5.41) is 17.8. The Morgan fingerprint density at radius 3 is 2.50 bits per heavy atom. The molecule has 0 spiro atoms. The quantitative estimate of drug-likeness (QED) is 0.819. The van der Waals surface area contributed by atoms with Crippen LogP contribution in [0.1, 0.15) is 24.5 Å². The smallest absolute Gasteiger partial charge is 0.0991 e. The number of nitrogens with zero attached hydrogens (tertiary/aromatic N) is 2. The molecule has 86 valence electrons. The van der Waals surface area contributed by atoms with E-state index in [-0.39, 0.29) is 6.10 Å². The Bertz CT molecular complexity index is 351. The maximum atomic E-state index is 9.17. The number of hydrogen-bond donors (Lipinski definition) is 1. The number of hydrogen-bond acceptors (Lipinski definition) is 3. The molecular formula is C13H18N2O. The van der Waals surface area contributed by atoms with E-state index in [1.54, 1.807) is 6.92 Å². The van der Waals surface area contributed by atoms with Crippen molar-refractivity contribution in [3.05, 3.63) is 35.4 Å². The molecule has 1 N–H and O–H groups in total. The van der Waals surface area contributed by atoms with Crippen LogP contribution in [0, 0.1) is 11.3 Å². The van der Waals surface area contributed by atoms with Gasteiger partial charge in [-0.25, -0.2) is 0 Å². The number of rotatable bonds is 5. The molecule has 0 aliphatic rings. The Labute approximate surface area is 96.9 Å². The lowest BCUT2D eigenvalue weighted by molar-refractivity contribution is 0.163. The van der Waals surface area contributed by atoms with E-state index in [4.69, 9.17) is 5.26 Å². The van der Waals surface area contributed by atoms with Crippen LogP contribution in [-0.4, -0.2) is 29.7 Å². The molecule has 0 saturated heterocycles. The Morgan fingerprint density at radius 1 is 1.38 bits per heavy atom. The summed E-state index contributed by atoms with van der Waals surface area (Å²) in [7, 11) is 2.03. The minimum absolute atomic E-state index is 0.247. The first kappa shape index (κ1) is 12.7. The SMILES string of the molecule is CC(O)CCN(C)Cc1ccc(C#N)cc1. The van der Waals surface area contributed by atoms with Crippen LogP contribution in [0.5, 0.6) is 0 Å². The minimum atomic E-state index is -0.247. The predicted molar refractivity (Wildman–Crippen MR) is 63.8 cm³/mol. The molecular weight excluding hydrogens is 200 g/mol. The summed E-state index contributed by atoms with van der Waals surface area (Å²) in [6.45, 7) is 3.52. The molecule has 0 heterocycles. The van der Waals surface area contributed by atoms with Gasteiger partial charge in [0.2, 0.25) is 0 Å². The minimum Gasteiger partial charge on any atom is -0.393 e. The van der Waals surface area contributed by atoms with Crippen LogP contribution in [0.25, 0.3) is 0 Å². The van der Waals surface area contributed by atoms with Gasteiger partial charge in [0.1, 0.15) is 0 Å². The highest BCUT2D eigenvalue weighted by Crippen LogP contribution is 2.06. The molecule has 1 unspecified atom stereocenters. The van der Waals surface area contributed by atoms with Crippen LogP contribution < -0.4 is 0 Å². The number of benzene rings is 1. The fourth-order valence-electron chi connectivity index (χ4n) is 1.48. The Balaban J connectivity index is 2.44. The largest absolute Gasteiger partial charge is 0.393 e. The van der Waals surface area contributed by atoms with Gasteiger partial charge < -0.3 is 10.0 Å². The molecule has 16 heavy (non-hydrogen) atoms. The van der Waals surface area contributed by atoms with Gasteiger partial charge in [-0.3, -0.25) is 0 Å². The topological polar surface area (TPSA) is 47.3 Å². The Kier molecular flexibility index (Phi) is 4.97. The standard InChI is InChI=1S/C13H18N2O/c1-11(16)7-8-15(2)10-13-5-3-12(9-14)4-6-13/h3-6,11,16H,7-8,10H2,1-2H3. The maximum absolute atomic E-state index is 9.17. The lowest BCUT2D eigenvalue weighted by Crippen LogP contribution is -2.22. The summed E-state index contributed by atoms with van der Waals surface area (Å²) in [5.41, 5.74) is 1.88. The third-order valence-corrected chi connectivity index (χ3v) is 2.46. The van der Waals surface area contributed by atoms with Crippen LogP contribution in [0.15, 0.2) is 24.3 Å². The zero-order valence-corrected chi connectivity index (χ0v) is 9.85. The van der Waals surface area contributed by atoms with E-state index in [1.807, 2.05) is 31.3 Å². The van der Waals surface area contributed by atoms with Crippen LogP contribution in [0.3, 0.4) is 0 Å². The maximum Gasteiger partial charge on any atom is 0.0991 e. The number of aliphatic hydroxyl groups is 1. The van der Waals surface area contributed by atoms with Crippen molar-refractivity contribution in [3.63, 3.8) is 0 Å². The van der Waals surface area contributed by atoms with Gasteiger partial charge in [-0.1, -0.05) is 12.1 Å². The van der Waals surface area contributed by atoms with E-state index in [1.165, 1.54) is 5.56 Å². The van der Waals surface area contributed by atoms with Crippen molar-refractivity contribution in [1.29, 1.82) is 5.26 Å². The van der Waals surface area contributed by atoms with Gasteiger partial charge in [-0.15, -0.1) is 0 Å². The molecule has 0 saturated carbocycles. The van der Waals surface area contributed by atoms with Gasteiger partial charge in [0, 0.05) is 13.1 Å². The molecule has 1 rings (SSSR count). The molecule has 0 amide bonds. The normalized spacial score (nSPS) is 12.4. The van der Waals surface area contributed by atoms with Gasteiger partial charge >= 0.3 is 0 Å². The first-order chi connectivity index (χ1) is 7.61. The average Bonchev–Trinajstić information content (AvgIpc) is 2.27. The van der Waals surface area contributed by atoms with Crippen LogP contribution in [0.2, 0.25) is 0 Å². The molecule has 0 fully saturated rings. The van der Waals surface area contributed by atoms with E-state index in [0.717, 1.165) is 19.5 Å². The van der Waals surface area contributed by atoms with E-state index < -0.39 is 0 Å². The molecule has 0 radical (unpaired) electrons. The van der Waals surface area contributed by atoms with E-state index >= 15 is 0 Å². The fraction of sp³-hybridized carbons (Fsp3) is 0.462. The number of nitriles is 1. The summed E-state index contributed by atoms with van der Waals surface area (Å²) in [4.78, 5) is 2.16. The van der Waals surface area contributed by atoms with Gasteiger partial charge in [0.15, 0.2) is 0 Å². The average molecular weight is 218 g/mol. The monoisotopic (exact) mass is 218 g/mol. The lowest BCUT2D eigenvalue weighted by atomic mass is 10.1. The molecule has 1 aromatic rings. The van der Waals surface area contributed by atoms with Gasteiger partial charge in [-0.2, -0.15) is 5.26 Å². The molecule has 3 heteroatoms. The molecule has 3 nitrogen and oxygen atoms in total. The molecule has 0 aliphatic heterocycles. The lowest BCUT2D eigenvalue weighted by Gasteiger charge is -2.17. The third-order valence-electron chi connectivity index (χ3n) is 2.46. The molecule has 0 aromatic heterocycles. The van der Waals surface area contributed by atoms with E-state index in [9.17, 15) is 5.11 Å². The third kappa shape index (κ3) is 4.43. The van der Waals surface area contributed by atoms with Crippen molar-refractivity contribution < 1.29 is 5.11 Å². The molecule has 1 atom stereocenters. The van der Waals surface area contributed by atoms with Crippen molar-refractivity contribution in [2.75, 3.05) is 13.6 Å². The van der Waals surface area contributed by atoms with Gasteiger partial charge in [0.25, 0.3) is 0 Å². The van der Waals surface area contributed by atoms with Crippen molar-refractivity contribution in [2.45, 2.75) is 26.0 Å². The first-order valence-electron chi connectivity index (χ1n) is 5.47. The zero-order valence-electron chi connectivity index (χ0n) is 9.85. The summed E-state index contributed by atoms with van der Waals surface area (Å²) < 4.78 is 0. The van der Waals surface area contributed by atoms with Crippen molar-refractivity contribution in [2.24, 2.45) is 0 Å². The van der Waals surface area contributed by atoms with Crippen LogP contribution in [0.4, 0.5) is 0 Å². The highest BCUT2D eigenvalue weighted by atomic mass is 16.3. The molecule has 1 aromatic carbocycles. The van der Waals surface area contributed by atoms with Crippen molar-refractivity contribution >= 4 is 0 Å². The van der Waals surface area contributed by atoms with Gasteiger partial charge in [-0.05, 0) is 38.1 Å². The molecule has 0 bridgehead atoms. The second kappa shape index (κ2) is 6.26. The highest BCUT2D eigenvalue weighted by Gasteiger charge is 2.02. The molecule has 0 aliphatic carbocycles. The van der Waals surface area contributed by atoms with E-state index in [2.05, 4.69) is 11.0 Å². The highest BCUT2D eigenvalue weighted by molar-refractivity contribution is 5.31. The Morgan fingerprint density at radius 2 is 2.00 bits per heavy atom. The Hall–Kier alpha value is -1.37. The summed E-state index contributed by atoms with van der Waals surface area (Å²) in [6.07, 6.45) is 0.538. The van der Waals surface area contributed by atoms with Crippen molar-refractivity contribution in [3.8, 4) is 6.07 Å². The first-order valence-corrected chi connectivity index (χ1v) is 5.47. The predicted octanol–water partition coefficient (Wildman–Crippen LogP) is 1.76. The summed E-state index contributed by atoms with van der Waals surface area (Å²) in [5.74, 6) is 0.